The Bertz CT molecular complexity index is 599. The van der Waals surface area contributed by atoms with Crippen molar-refractivity contribution in [2.45, 2.75) is 38.8 Å². The number of halogens is 2. The quantitative estimate of drug-likeness (QED) is 0.616. The molecular weight excluding hydrogens is 335 g/mol. The number of rotatable bonds is 6. The normalized spacial score (nSPS) is 14.1. The van der Waals surface area contributed by atoms with Gasteiger partial charge in [-0.3, -0.25) is 16.0 Å². The zero-order valence-corrected chi connectivity index (χ0v) is 13.8. The number of nitrogens with two attached hydrogens (primary N) is 1. The molecule has 0 aliphatic heterocycles. The van der Waals surface area contributed by atoms with E-state index in [9.17, 15) is 4.39 Å². The minimum Gasteiger partial charge on any atom is -0.271 e. The van der Waals surface area contributed by atoms with Crippen molar-refractivity contribution >= 4 is 15.9 Å². The van der Waals surface area contributed by atoms with Gasteiger partial charge in [0.2, 0.25) is 0 Å². The van der Waals surface area contributed by atoms with Gasteiger partial charge in [0.05, 0.1) is 11.7 Å². The minimum atomic E-state index is -0.276. The van der Waals surface area contributed by atoms with Crippen molar-refractivity contribution in [1.29, 1.82) is 0 Å². The van der Waals surface area contributed by atoms with Crippen molar-refractivity contribution in [2.75, 3.05) is 0 Å². The van der Waals surface area contributed by atoms with E-state index in [1.54, 1.807) is 6.07 Å². The van der Waals surface area contributed by atoms with Gasteiger partial charge in [-0.15, -0.1) is 0 Å². The van der Waals surface area contributed by atoms with Crippen LogP contribution in [-0.2, 0) is 6.42 Å². The molecule has 2 unspecified atom stereocenters. The molecule has 0 saturated carbocycles. The Kier molecular flexibility index (Phi) is 5.50. The highest BCUT2D eigenvalue weighted by atomic mass is 79.9. The first-order chi connectivity index (χ1) is 10.0. The second kappa shape index (κ2) is 7.15. The number of benzene rings is 1. The standard InChI is InChI=1S/C15H20BrFN4/c1-3-10(2)21-7-6-12(20-21)9-15(19-18)13-5-4-11(17)8-14(13)16/h4-8,10,15,19H,3,9,18H2,1-2H3. The summed E-state index contributed by atoms with van der Waals surface area (Å²) in [6, 6.07) is 6.85. The fourth-order valence-corrected chi connectivity index (χ4v) is 2.80. The van der Waals surface area contributed by atoms with Crippen molar-refractivity contribution in [1.82, 2.24) is 15.2 Å². The molecule has 2 rings (SSSR count). The van der Waals surface area contributed by atoms with E-state index in [1.165, 1.54) is 12.1 Å². The summed E-state index contributed by atoms with van der Waals surface area (Å²) in [5.41, 5.74) is 4.64. The van der Waals surface area contributed by atoms with Gasteiger partial charge in [0.1, 0.15) is 5.82 Å². The monoisotopic (exact) mass is 354 g/mol. The molecule has 2 atom stereocenters. The molecule has 0 amide bonds. The molecule has 1 aromatic heterocycles. The molecule has 0 radical (unpaired) electrons. The molecule has 6 heteroatoms. The molecule has 0 bridgehead atoms. The summed E-state index contributed by atoms with van der Waals surface area (Å²) in [7, 11) is 0. The summed E-state index contributed by atoms with van der Waals surface area (Å²) < 4.78 is 15.8. The van der Waals surface area contributed by atoms with Gasteiger partial charge in [0.25, 0.3) is 0 Å². The van der Waals surface area contributed by atoms with Crippen LogP contribution in [0.2, 0.25) is 0 Å². The van der Waals surface area contributed by atoms with Crippen molar-refractivity contribution in [3.63, 3.8) is 0 Å². The van der Waals surface area contributed by atoms with E-state index in [4.69, 9.17) is 5.84 Å². The topological polar surface area (TPSA) is 55.9 Å². The lowest BCUT2D eigenvalue weighted by atomic mass is 10.0. The second-order valence-electron chi connectivity index (χ2n) is 5.13. The minimum absolute atomic E-state index is 0.125. The number of hydrogen-bond acceptors (Lipinski definition) is 3. The molecule has 0 spiro atoms. The van der Waals surface area contributed by atoms with Gasteiger partial charge in [0, 0.05) is 23.1 Å². The van der Waals surface area contributed by atoms with E-state index in [-0.39, 0.29) is 11.9 Å². The number of aromatic nitrogens is 2. The largest absolute Gasteiger partial charge is 0.271 e. The van der Waals surface area contributed by atoms with Gasteiger partial charge >= 0.3 is 0 Å². The van der Waals surface area contributed by atoms with Crippen LogP contribution >= 0.6 is 15.9 Å². The molecule has 1 heterocycles. The highest BCUT2D eigenvalue weighted by Gasteiger charge is 2.16. The Hall–Kier alpha value is -1.24. The SMILES string of the molecule is CCC(C)n1ccc(CC(NN)c2ccc(F)cc2Br)n1. The fraction of sp³-hybridized carbons (Fsp3) is 0.400. The Morgan fingerprint density at radius 1 is 1.43 bits per heavy atom. The van der Waals surface area contributed by atoms with Crippen LogP contribution in [0.3, 0.4) is 0 Å². The molecule has 0 aliphatic carbocycles. The molecule has 0 fully saturated rings. The highest BCUT2D eigenvalue weighted by Crippen LogP contribution is 2.26. The van der Waals surface area contributed by atoms with Crippen LogP contribution in [-0.4, -0.2) is 9.78 Å². The molecular formula is C15H20BrFN4. The van der Waals surface area contributed by atoms with E-state index >= 15 is 0 Å². The average Bonchev–Trinajstić information content (AvgIpc) is 2.93. The Balaban J connectivity index is 2.17. The molecule has 2 aromatic rings. The van der Waals surface area contributed by atoms with E-state index in [2.05, 4.69) is 40.3 Å². The van der Waals surface area contributed by atoms with Crippen LogP contribution < -0.4 is 11.3 Å². The van der Waals surface area contributed by atoms with Crippen LogP contribution in [0, 0.1) is 5.82 Å². The third-order valence-corrected chi connectivity index (χ3v) is 4.35. The lowest BCUT2D eigenvalue weighted by Crippen LogP contribution is -2.30. The summed E-state index contributed by atoms with van der Waals surface area (Å²) in [5.74, 6) is 5.38. The summed E-state index contributed by atoms with van der Waals surface area (Å²) >= 11 is 3.38. The van der Waals surface area contributed by atoms with Gasteiger partial charge < -0.3 is 0 Å². The summed E-state index contributed by atoms with van der Waals surface area (Å²) in [5, 5.41) is 4.57. The van der Waals surface area contributed by atoms with Gasteiger partial charge in [0.15, 0.2) is 0 Å². The van der Waals surface area contributed by atoms with Crippen molar-refractivity contribution in [3.05, 3.63) is 52.0 Å². The predicted molar refractivity (Wildman–Crippen MR) is 85.1 cm³/mol. The number of nitrogens with zero attached hydrogens (tertiary/aromatic N) is 2. The first kappa shape index (κ1) is 16.1. The molecule has 3 N–H and O–H groups in total. The third-order valence-electron chi connectivity index (χ3n) is 3.66. The summed E-state index contributed by atoms with van der Waals surface area (Å²) in [4.78, 5) is 0. The predicted octanol–water partition coefficient (Wildman–Crippen LogP) is 3.50. The van der Waals surface area contributed by atoms with Crippen molar-refractivity contribution < 1.29 is 4.39 Å². The fourth-order valence-electron chi connectivity index (χ4n) is 2.17. The van der Waals surface area contributed by atoms with Crippen LogP contribution in [0.4, 0.5) is 4.39 Å². The third kappa shape index (κ3) is 3.90. The van der Waals surface area contributed by atoms with Crippen LogP contribution in [0.5, 0.6) is 0 Å². The average molecular weight is 355 g/mol. The van der Waals surface area contributed by atoms with E-state index in [0.29, 0.717) is 16.9 Å². The van der Waals surface area contributed by atoms with Crippen LogP contribution in [0.25, 0.3) is 0 Å². The molecule has 1 aromatic carbocycles. The zero-order valence-electron chi connectivity index (χ0n) is 12.2. The lowest BCUT2D eigenvalue weighted by Gasteiger charge is -2.17. The first-order valence-electron chi connectivity index (χ1n) is 7.00. The maximum atomic E-state index is 13.2. The Labute approximate surface area is 132 Å². The van der Waals surface area contributed by atoms with Gasteiger partial charge in [-0.1, -0.05) is 28.9 Å². The molecule has 0 saturated heterocycles. The van der Waals surface area contributed by atoms with Crippen LogP contribution in [0.1, 0.15) is 43.6 Å². The van der Waals surface area contributed by atoms with E-state index in [0.717, 1.165) is 17.7 Å². The first-order valence-corrected chi connectivity index (χ1v) is 7.79. The van der Waals surface area contributed by atoms with Gasteiger partial charge in [-0.25, -0.2) is 4.39 Å². The smallest absolute Gasteiger partial charge is 0.124 e. The van der Waals surface area contributed by atoms with Gasteiger partial charge in [-0.05, 0) is 37.1 Å². The zero-order chi connectivity index (χ0) is 15.4. The second-order valence-corrected chi connectivity index (χ2v) is 5.99. The maximum absolute atomic E-state index is 13.2. The van der Waals surface area contributed by atoms with Gasteiger partial charge in [-0.2, -0.15) is 5.10 Å². The summed E-state index contributed by atoms with van der Waals surface area (Å²) in [6.07, 6.45) is 3.66. The van der Waals surface area contributed by atoms with Crippen molar-refractivity contribution in [2.24, 2.45) is 5.84 Å². The number of hydrogen-bond donors (Lipinski definition) is 2. The number of nitrogens with one attached hydrogen (secondary N) is 1. The lowest BCUT2D eigenvalue weighted by molar-refractivity contribution is 0.466. The molecule has 21 heavy (non-hydrogen) atoms. The Morgan fingerprint density at radius 3 is 2.81 bits per heavy atom. The van der Waals surface area contributed by atoms with Crippen LogP contribution in [0.15, 0.2) is 34.9 Å². The molecule has 4 nitrogen and oxygen atoms in total. The van der Waals surface area contributed by atoms with E-state index in [1.807, 2.05) is 16.9 Å². The number of hydrazine groups is 1. The molecule has 114 valence electrons. The molecule has 0 aliphatic rings. The van der Waals surface area contributed by atoms with Crippen molar-refractivity contribution in [3.8, 4) is 0 Å². The van der Waals surface area contributed by atoms with E-state index < -0.39 is 0 Å². The Morgan fingerprint density at radius 2 is 2.19 bits per heavy atom. The summed E-state index contributed by atoms with van der Waals surface area (Å²) in [6.45, 7) is 4.26. The highest BCUT2D eigenvalue weighted by molar-refractivity contribution is 9.10. The maximum Gasteiger partial charge on any atom is 0.124 e.